The molecule has 1 aromatic rings. The van der Waals surface area contributed by atoms with E-state index in [0.29, 0.717) is 11.8 Å². The largest absolute Gasteiger partial charge is 0.459 e. The van der Waals surface area contributed by atoms with Gasteiger partial charge in [-0.25, -0.2) is 9.59 Å². The van der Waals surface area contributed by atoms with E-state index in [0.717, 1.165) is 5.56 Å². The van der Waals surface area contributed by atoms with Gasteiger partial charge in [0.1, 0.15) is 18.2 Å². The first-order valence-corrected chi connectivity index (χ1v) is 8.20. The van der Waals surface area contributed by atoms with Gasteiger partial charge in [-0.15, -0.1) is 0 Å². The Balaban J connectivity index is 2.54. The second-order valence-corrected chi connectivity index (χ2v) is 6.56. The Morgan fingerprint density at radius 3 is 2.41 bits per heavy atom. The number of alkyl carbamates (subject to hydrolysis) is 1. The van der Waals surface area contributed by atoms with Gasteiger partial charge in [0.2, 0.25) is 0 Å². The third kappa shape index (κ3) is 7.45. The molecule has 0 saturated heterocycles. The van der Waals surface area contributed by atoms with E-state index in [-0.39, 0.29) is 6.61 Å². The molecule has 0 unspecified atom stereocenters. The van der Waals surface area contributed by atoms with Gasteiger partial charge in [0, 0.05) is 5.33 Å². The molecule has 5 nitrogen and oxygen atoms in total. The minimum Gasteiger partial charge on any atom is -0.459 e. The number of carbonyl (C=O) groups is 2. The third-order valence-corrected chi connectivity index (χ3v) is 3.06. The number of halogens is 1. The Morgan fingerprint density at radius 1 is 1.23 bits per heavy atom. The van der Waals surface area contributed by atoms with Crippen LogP contribution in [0.1, 0.15) is 32.8 Å². The number of hydrogen-bond acceptors (Lipinski definition) is 4. The molecule has 1 amide bonds. The topological polar surface area (TPSA) is 64.6 Å². The normalized spacial score (nSPS) is 12.4. The highest BCUT2D eigenvalue weighted by Gasteiger charge is 2.25. The number of rotatable bonds is 6. The molecule has 0 aliphatic heterocycles. The van der Waals surface area contributed by atoms with Crippen LogP contribution >= 0.6 is 15.9 Å². The van der Waals surface area contributed by atoms with E-state index in [9.17, 15) is 9.59 Å². The Morgan fingerprint density at radius 2 is 1.86 bits per heavy atom. The monoisotopic (exact) mass is 371 g/mol. The van der Waals surface area contributed by atoms with Crippen LogP contribution < -0.4 is 5.32 Å². The van der Waals surface area contributed by atoms with Crippen LogP contribution in [0.15, 0.2) is 30.3 Å². The number of nitrogens with one attached hydrogen (secondary N) is 1. The van der Waals surface area contributed by atoms with Gasteiger partial charge in [0.25, 0.3) is 0 Å². The van der Waals surface area contributed by atoms with Crippen LogP contribution in [0.4, 0.5) is 4.79 Å². The zero-order valence-corrected chi connectivity index (χ0v) is 14.7. The second kappa shape index (κ2) is 8.78. The maximum absolute atomic E-state index is 12.1. The van der Waals surface area contributed by atoms with Crippen LogP contribution in [-0.2, 0) is 20.9 Å². The van der Waals surface area contributed by atoms with Crippen LogP contribution in [-0.4, -0.2) is 29.0 Å². The number of alkyl halides is 1. The van der Waals surface area contributed by atoms with Gasteiger partial charge in [0.15, 0.2) is 0 Å². The van der Waals surface area contributed by atoms with Crippen molar-refractivity contribution in [2.75, 3.05) is 5.33 Å². The van der Waals surface area contributed by atoms with Crippen molar-refractivity contribution in [2.24, 2.45) is 0 Å². The summed E-state index contributed by atoms with van der Waals surface area (Å²) in [6.45, 7) is 5.47. The molecule has 0 saturated carbocycles. The number of benzene rings is 1. The summed E-state index contributed by atoms with van der Waals surface area (Å²) in [5.41, 5.74) is 0.280. The number of amides is 1. The summed E-state index contributed by atoms with van der Waals surface area (Å²) in [7, 11) is 0. The first kappa shape index (κ1) is 18.5. The highest BCUT2D eigenvalue weighted by Crippen LogP contribution is 2.09. The average Bonchev–Trinajstić information content (AvgIpc) is 2.43. The fourth-order valence-electron chi connectivity index (χ4n) is 1.64. The summed E-state index contributed by atoms with van der Waals surface area (Å²) >= 11 is 3.27. The molecule has 122 valence electrons. The van der Waals surface area contributed by atoms with E-state index < -0.39 is 23.7 Å². The molecule has 0 aromatic heterocycles. The van der Waals surface area contributed by atoms with E-state index in [2.05, 4.69) is 21.2 Å². The average molecular weight is 372 g/mol. The molecule has 22 heavy (non-hydrogen) atoms. The quantitative estimate of drug-likeness (QED) is 0.614. The molecule has 0 spiro atoms. The molecule has 0 aliphatic rings. The van der Waals surface area contributed by atoms with Gasteiger partial charge in [0.05, 0.1) is 0 Å². The van der Waals surface area contributed by atoms with Crippen molar-refractivity contribution in [1.82, 2.24) is 5.32 Å². The molecule has 1 aromatic carbocycles. The Hall–Kier alpha value is -1.56. The smallest absolute Gasteiger partial charge is 0.408 e. The lowest BCUT2D eigenvalue weighted by atomic mass is 10.2. The molecule has 1 atom stereocenters. The Labute approximate surface area is 139 Å². The summed E-state index contributed by atoms with van der Waals surface area (Å²) < 4.78 is 10.4. The van der Waals surface area contributed by atoms with Gasteiger partial charge >= 0.3 is 12.1 Å². The third-order valence-electron chi connectivity index (χ3n) is 2.60. The molecule has 1 N–H and O–H groups in total. The van der Waals surface area contributed by atoms with Crippen molar-refractivity contribution in [2.45, 2.75) is 45.4 Å². The highest BCUT2D eigenvalue weighted by molar-refractivity contribution is 9.09. The summed E-state index contributed by atoms with van der Waals surface area (Å²) in [5, 5.41) is 3.11. The number of esters is 1. The minimum atomic E-state index is -0.738. The summed E-state index contributed by atoms with van der Waals surface area (Å²) in [6.07, 6.45) is -0.206. The van der Waals surface area contributed by atoms with Crippen molar-refractivity contribution in [1.29, 1.82) is 0 Å². The lowest BCUT2D eigenvalue weighted by Crippen LogP contribution is -2.44. The molecule has 0 aliphatic carbocycles. The van der Waals surface area contributed by atoms with Crippen molar-refractivity contribution in [3.8, 4) is 0 Å². The van der Waals surface area contributed by atoms with E-state index >= 15 is 0 Å². The second-order valence-electron chi connectivity index (χ2n) is 5.77. The predicted octanol–water partition coefficient (Wildman–Crippen LogP) is 3.41. The Bertz CT molecular complexity index is 485. The number of hydrogen-bond donors (Lipinski definition) is 1. The van der Waals surface area contributed by atoms with E-state index in [1.165, 1.54) is 0 Å². The van der Waals surface area contributed by atoms with E-state index in [1.807, 2.05) is 30.3 Å². The molecule has 0 bridgehead atoms. The van der Waals surface area contributed by atoms with Crippen LogP contribution in [0.3, 0.4) is 0 Å². The van der Waals surface area contributed by atoms with Crippen molar-refractivity contribution in [3.63, 3.8) is 0 Å². The predicted molar refractivity (Wildman–Crippen MR) is 87.8 cm³/mol. The molecular weight excluding hydrogens is 350 g/mol. The van der Waals surface area contributed by atoms with Gasteiger partial charge in [-0.1, -0.05) is 46.3 Å². The highest BCUT2D eigenvalue weighted by atomic mass is 79.9. The van der Waals surface area contributed by atoms with E-state index in [4.69, 9.17) is 9.47 Å². The number of carbonyl (C=O) groups excluding carboxylic acids is 2. The van der Waals surface area contributed by atoms with Crippen LogP contribution in [0.5, 0.6) is 0 Å². The lowest BCUT2D eigenvalue weighted by molar-refractivity contribution is -0.147. The minimum absolute atomic E-state index is 0.175. The molecule has 6 heteroatoms. The zero-order valence-electron chi connectivity index (χ0n) is 13.1. The summed E-state index contributed by atoms with van der Waals surface area (Å²) in [4.78, 5) is 23.9. The van der Waals surface area contributed by atoms with Gasteiger partial charge in [-0.05, 0) is 32.8 Å². The SMILES string of the molecule is CC(C)(C)OC(=O)N[C@@H](CCBr)C(=O)OCc1ccccc1. The summed E-state index contributed by atoms with van der Waals surface area (Å²) in [5.74, 6) is -0.478. The first-order valence-electron chi connectivity index (χ1n) is 7.08. The van der Waals surface area contributed by atoms with E-state index in [1.54, 1.807) is 20.8 Å². The fourth-order valence-corrected chi connectivity index (χ4v) is 2.09. The molecule has 0 fully saturated rings. The molecular formula is C16H22BrNO4. The zero-order chi connectivity index (χ0) is 16.6. The molecule has 0 radical (unpaired) electrons. The van der Waals surface area contributed by atoms with Crippen molar-refractivity contribution >= 4 is 28.0 Å². The van der Waals surface area contributed by atoms with Gasteiger partial charge < -0.3 is 14.8 Å². The van der Waals surface area contributed by atoms with Crippen molar-refractivity contribution in [3.05, 3.63) is 35.9 Å². The maximum atomic E-state index is 12.1. The summed E-state index contributed by atoms with van der Waals surface area (Å²) in [6, 6.07) is 8.64. The maximum Gasteiger partial charge on any atom is 0.408 e. The van der Waals surface area contributed by atoms with Crippen LogP contribution in [0, 0.1) is 0 Å². The Kier molecular flexibility index (Phi) is 7.38. The van der Waals surface area contributed by atoms with Crippen LogP contribution in [0.2, 0.25) is 0 Å². The van der Waals surface area contributed by atoms with Crippen LogP contribution in [0.25, 0.3) is 0 Å². The van der Waals surface area contributed by atoms with Gasteiger partial charge in [-0.2, -0.15) is 0 Å². The molecule has 0 heterocycles. The first-order chi connectivity index (χ1) is 10.3. The fraction of sp³-hybridized carbons (Fsp3) is 0.500. The van der Waals surface area contributed by atoms with Gasteiger partial charge in [-0.3, -0.25) is 0 Å². The van der Waals surface area contributed by atoms with Crippen molar-refractivity contribution < 1.29 is 19.1 Å². The lowest BCUT2D eigenvalue weighted by Gasteiger charge is -2.22. The standard InChI is InChI=1S/C16H22BrNO4/c1-16(2,3)22-15(20)18-13(9-10-17)14(19)21-11-12-7-5-4-6-8-12/h4-8,13H,9-11H2,1-3H3,(H,18,20)/t13-/m0/s1. The number of ether oxygens (including phenoxy) is 2. The molecule has 1 rings (SSSR count).